The summed E-state index contributed by atoms with van der Waals surface area (Å²) in [6, 6.07) is 5.83. The highest BCUT2D eigenvalue weighted by molar-refractivity contribution is 8.77. The summed E-state index contributed by atoms with van der Waals surface area (Å²) in [7, 11) is 3.82. The number of benzene rings is 1. The third-order valence-corrected chi connectivity index (χ3v) is 6.93. The molecule has 1 N–H and O–H groups in total. The van der Waals surface area contributed by atoms with Gasteiger partial charge < -0.3 is 10.1 Å². The lowest BCUT2D eigenvalue weighted by atomic mass is 10.1. The first-order chi connectivity index (χ1) is 12.5. The van der Waals surface area contributed by atoms with Gasteiger partial charge in [0.2, 0.25) is 0 Å². The number of nitrogens with one attached hydrogen (secondary N) is 1. The summed E-state index contributed by atoms with van der Waals surface area (Å²) in [5.41, 5.74) is -0.125. The van der Waals surface area contributed by atoms with Crippen LogP contribution in [0.25, 0.3) is 0 Å². The summed E-state index contributed by atoms with van der Waals surface area (Å²) >= 11 is 0. The lowest BCUT2D eigenvalue weighted by Crippen LogP contribution is -2.30. The van der Waals surface area contributed by atoms with Crippen molar-refractivity contribution in [3.05, 3.63) is 34.4 Å². The van der Waals surface area contributed by atoms with Crippen molar-refractivity contribution in [2.75, 3.05) is 11.1 Å². The number of nitro benzene ring substituents is 1. The molecule has 0 saturated carbocycles. The monoisotopic (exact) mass is 398 g/mol. The fourth-order valence-corrected chi connectivity index (χ4v) is 5.52. The SMILES string of the molecule is C[C@H](OC(=O)CCCC[C@H]1CCSS1)C(=O)Nc1ccccc1[N+](=O)[O-]. The Balaban J connectivity index is 1.72. The summed E-state index contributed by atoms with van der Waals surface area (Å²) < 4.78 is 5.13. The molecule has 0 spiro atoms. The molecule has 1 amide bonds. The van der Waals surface area contributed by atoms with Crippen molar-refractivity contribution in [2.24, 2.45) is 0 Å². The molecule has 0 radical (unpaired) electrons. The number of unbranched alkanes of at least 4 members (excludes halogenated alkanes) is 1. The van der Waals surface area contributed by atoms with Crippen LogP contribution in [0.15, 0.2) is 24.3 Å². The average Bonchev–Trinajstić information content (AvgIpc) is 3.12. The van der Waals surface area contributed by atoms with E-state index in [0.29, 0.717) is 5.25 Å². The van der Waals surface area contributed by atoms with E-state index in [1.807, 2.05) is 21.6 Å². The predicted octanol–water partition coefficient (Wildman–Crippen LogP) is 4.18. The molecule has 2 rings (SSSR count). The van der Waals surface area contributed by atoms with E-state index in [1.165, 1.54) is 37.3 Å². The lowest BCUT2D eigenvalue weighted by molar-refractivity contribution is -0.383. The van der Waals surface area contributed by atoms with E-state index in [4.69, 9.17) is 4.74 Å². The van der Waals surface area contributed by atoms with Crippen molar-refractivity contribution in [3.8, 4) is 0 Å². The number of nitrogens with zero attached hydrogens (tertiary/aromatic N) is 1. The maximum atomic E-state index is 12.1. The quantitative estimate of drug-likeness (QED) is 0.219. The summed E-state index contributed by atoms with van der Waals surface area (Å²) in [6.07, 6.45) is 3.28. The van der Waals surface area contributed by atoms with E-state index in [0.717, 1.165) is 19.3 Å². The van der Waals surface area contributed by atoms with Gasteiger partial charge in [0, 0.05) is 23.5 Å². The number of para-hydroxylation sites is 2. The van der Waals surface area contributed by atoms with Gasteiger partial charge in [0.15, 0.2) is 6.10 Å². The zero-order valence-electron chi connectivity index (χ0n) is 14.5. The number of nitro groups is 1. The van der Waals surface area contributed by atoms with Gasteiger partial charge in [0.05, 0.1) is 4.92 Å². The standard InChI is InChI=1S/C17H22N2O5S2/c1-12(17(21)18-14-7-3-4-8-15(14)19(22)23)24-16(20)9-5-2-6-13-10-11-25-26-13/h3-4,7-8,12-13H,2,5-6,9-11H2,1H3,(H,18,21)/t12-,13-/m0/s1. The Kier molecular flexibility index (Phi) is 8.24. The Morgan fingerprint density at radius 1 is 1.38 bits per heavy atom. The van der Waals surface area contributed by atoms with Gasteiger partial charge in [-0.2, -0.15) is 0 Å². The van der Waals surface area contributed by atoms with Gasteiger partial charge in [0.1, 0.15) is 5.69 Å². The molecule has 7 nitrogen and oxygen atoms in total. The predicted molar refractivity (Wildman–Crippen MR) is 104 cm³/mol. The molecule has 0 aliphatic carbocycles. The normalized spacial score (nSPS) is 17.5. The van der Waals surface area contributed by atoms with E-state index in [1.54, 1.807) is 6.07 Å². The van der Waals surface area contributed by atoms with Gasteiger partial charge in [-0.1, -0.05) is 40.1 Å². The van der Waals surface area contributed by atoms with Crippen LogP contribution in [-0.4, -0.2) is 33.9 Å². The van der Waals surface area contributed by atoms with Crippen LogP contribution in [0.1, 0.15) is 39.0 Å². The molecule has 9 heteroatoms. The number of rotatable bonds is 9. The summed E-state index contributed by atoms with van der Waals surface area (Å²) in [5.74, 6) is 0.180. The topological polar surface area (TPSA) is 98.5 Å². The van der Waals surface area contributed by atoms with Gasteiger partial charge in [-0.3, -0.25) is 19.7 Å². The molecule has 0 unspecified atom stereocenters. The van der Waals surface area contributed by atoms with E-state index < -0.39 is 22.9 Å². The molecule has 1 aliphatic heterocycles. The van der Waals surface area contributed by atoms with Crippen molar-refractivity contribution >= 4 is 44.8 Å². The second-order valence-corrected chi connectivity index (χ2v) is 8.76. The number of hydrogen-bond donors (Lipinski definition) is 1. The van der Waals surface area contributed by atoms with Gasteiger partial charge >= 0.3 is 5.97 Å². The highest BCUT2D eigenvalue weighted by Gasteiger charge is 2.21. The molecule has 0 bridgehead atoms. The Morgan fingerprint density at radius 2 is 2.15 bits per heavy atom. The third kappa shape index (κ3) is 6.53. The van der Waals surface area contributed by atoms with Crippen molar-refractivity contribution in [2.45, 2.75) is 50.4 Å². The first-order valence-electron chi connectivity index (χ1n) is 8.49. The molecule has 142 valence electrons. The van der Waals surface area contributed by atoms with Gasteiger partial charge in [-0.15, -0.1) is 0 Å². The Bertz CT molecular complexity index is 650. The molecule has 1 aromatic carbocycles. The largest absolute Gasteiger partial charge is 0.453 e. The second-order valence-electron chi connectivity index (χ2n) is 5.97. The molecular weight excluding hydrogens is 376 g/mol. The molecule has 1 heterocycles. The van der Waals surface area contributed by atoms with Crippen LogP contribution in [0.4, 0.5) is 11.4 Å². The minimum Gasteiger partial charge on any atom is -0.453 e. The Labute approximate surface area is 160 Å². The molecule has 1 aromatic rings. The van der Waals surface area contributed by atoms with Crippen LogP contribution in [0.3, 0.4) is 0 Å². The highest BCUT2D eigenvalue weighted by atomic mass is 33.1. The third-order valence-electron chi connectivity index (χ3n) is 3.92. The smallest absolute Gasteiger partial charge is 0.306 e. The minimum absolute atomic E-state index is 0.0809. The lowest BCUT2D eigenvalue weighted by Gasteiger charge is -2.14. The maximum absolute atomic E-state index is 12.1. The van der Waals surface area contributed by atoms with Crippen LogP contribution in [-0.2, 0) is 14.3 Å². The fourth-order valence-electron chi connectivity index (χ4n) is 2.49. The minimum atomic E-state index is -1.01. The molecule has 1 saturated heterocycles. The highest BCUT2D eigenvalue weighted by Crippen LogP contribution is 2.39. The van der Waals surface area contributed by atoms with Crippen LogP contribution < -0.4 is 5.32 Å². The molecule has 0 aromatic heterocycles. The maximum Gasteiger partial charge on any atom is 0.306 e. The first kappa shape index (κ1) is 20.6. The number of hydrogen-bond acceptors (Lipinski definition) is 7. The first-order valence-corrected chi connectivity index (χ1v) is 10.9. The van der Waals surface area contributed by atoms with Crippen LogP contribution in [0, 0.1) is 10.1 Å². The number of ether oxygens (including phenoxy) is 1. The second kappa shape index (κ2) is 10.4. The number of carbonyl (C=O) groups is 2. The van der Waals surface area contributed by atoms with Crippen molar-refractivity contribution in [1.29, 1.82) is 0 Å². The molecule has 26 heavy (non-hydrogen) atoms. The number of esters is 1. The molecule has 1 aliphatic rings. The number of carbonyl (C=O) groups excluding carboxylic acids is 2. The van der Waals surface area contributed by atoms with E-state index in [-0.39, 0.29) is 17.8 Å². The molecule has 1 fully saturated rings. The molecule has 2 atom stereocenters. The summed E-state index contributed by atoms with van der Waals surface area (Å²) in [5, 5.41) is 14.1. The Morgan fingerprint density at radius 3 is 2.85 bits per heavy atom. The summed E-state index contributed by atoms with van der Waals surface area (Å²) in [4.78, 5) is 34.4. The zero-order chi connectivity index (χ0) is 18.9. The molecular formula is C17H22N2O5S2. The van der Waals surface area contributed by atoms with Crippen LogP contribution >= 0.6 is 21.6 Å². The van der Waals surface area contributed by atoms with Crippen molar-refractivity contribution < 1.29 is 19.2 Å². The van der Waals surface area contributed by atoms with E-state index in [2.05, 4.69) is 5.32 Å². The van der Waals surface area contributed by atoms with Crippen LogP contribution in [0.5, 0.6) is 0 Å². The zero-order valence-corrected chi connectivity index (χ0v) is 16.1. The Hall–Kier alpha value is -1.74. The summed E-state index contributed by atoms with van der Waals surface area (Å²) in [6.45, 7) is 1.45. The van der Waals surface area contributed by atoms with E-state index in [9.17, 15) is 19.7 Å². The van der Waals surface area contributed by atoms with E-state index >= 15 is 0 Å². The van der Waals surface area contributed by atoms with Crippen molar-refractivity contribution in [1.82, 2.24) is 0 Å². The number of anilines is 1. The van der Waals surface area contributed by atoms with Crippen molar-refractivity contribution in [3.63, 3.8) is 0 Å². The van der Waals surface area contributed by atoms with Gasteiger partial charge in [-0.25, -0.2) is 0 Å². The fraction of sp³-hybridized carbons (Fsp3) is 0.529. The van der Waals surface area contributed by atoms with Crippen LogP contribution in [0.2, 0.25) is 0 Å². The van der Waals surface area contributed by atoms with Gasteiger partial charge in [-0.05, 0) is 32.3 Å². The van der Waals surface area contributed by atoms with Gasteiger partial charge in [0.25, 0.3) is 11.6 Å². The average molecular weight is 399 g/mol. The number of amides is 1.